The van der Waals surface area contributed by atoms with Gasteiger partial charge in [0, 0.05) is 38.3 Å². The van der Waals surface area contributed by atoms with Crippen LogP contribution in [0.1, 0.15) is 61.8 Å². The lowest BCUT2D eigenvalue weighted by Crippen LogP contribution is -2.48. The molecule has 50 heavy (non-hydrogen) atoms. The van der Waals surface area contributed by atoms with Crippen LogP contribution in [-0.2, 0) is 24.8 Å². The number of likely N-dealkylation sites (N-methyl/N-ethyl adjacent to an activating group) is 1. The van der Waals surface area contributed by atoms with Crippen LogP contribution in [-0.4, -0.2) is 101 Å². The highest BCUT2D eigenvalue weighted by Gasteiger charge is 2.33. The zero-order valence-corrected chi connectivity index (χ0v) is 31.2. The van der Waals surface area contributed by atoms with Gasteiger partial charge >= 0.3 is 0 Å². The minimum absolute atomic E-state index is 0.00873. The van der Waals surface area contributed by atoms with Gasteiger partial charge in [0.05, 0.1) is 42.4 Å². The summed E-state index contributed by atoms with van der Waals surface area (Å²) in [7, 11) is -5.02. The molecule has 2 aromatic carbocycles. The Bertz CT molecular complexity index is 1810. The fourth-order valence-electron chi connectivity index (χ4n) is 5.79. The highest BCUT2D eigenvalue weighted by atomic mass is 32.2. The minimum atomic E-state index is -4.12. The number of aryl methyl sites for hydroxylation is 2. The van der Waals surface area contributed by atoms with Crippen molar-refractivity contribution in [3.05, 3.63) is 59.5 Å². The molecule has 1 aliphatic heterocycles. The molecule has 2 heterocycles. The van der Waals surface area contributed by atoms with Crippen molar-refractivity contribution in [1.29, 1.82) is 0 Å². The molecule has 0 bridgehead atoms. The number of carbonyl (C=O) groups excluding carboxylic acids is 1. The molecule has 276 valence electrons. The predicted octanol–water partition coefficient (Wildman–Crippen LogP) is 4.22. The lowest BCUT2D eigenvalue weighted by Gasteiger charge is -2.35. The number of nitrogens with one attached hydrogen (secondary N) is 1. The minimum Gasteiger partial charge on any atom is -0.497 e. The number of sulfonamides is 2. The van der Waals surface area contributed by atoms with Crippen molar-refractivity contribution in [2.75, 3.05) is 45.2 Å². The molecule has 0 unspecified atom stereocenters. The van der Waals surface area contributed by atoms with E-state index in [4.69, 9.17) is 18.7 Å². The second-order valence-corrected chi connectivity index (χ2v) is 16.4. The summed E-state index contributed by atoms with van der Waals surface area (Å²) in [5, 5.41) is 14.0. The number of nitrogens with zero attached hydrogens (tertiary/aromatic N) is 3. The SMILES string of the molecule is COc1ccc(S(=O)(=O)N(C)C[C@H]2OCCCC[C@H](C)Oc3ccc(NS(=O)(=O)c4c(C)noc4C)cc3C(=O)N([C@@H](C)CO)C[C@@H]2C)cc1. The Hall–Kier alpha value is -3.70. The summed E-state index contributed by atoms with van der Waals surface area (Å²) in [6, 6.07) is 9.95. The van der Waals surface area contributed by atoms with Crippen LogP contribution in [0.4, 0.5) is 5.69 Å². The maximum absolute atomic E-state index is 14.4. The molecule has 16 heteroatoms. The molecule has 1 amide bonds. The van der Waals surface area contributed by atoms with Crippen molar-refractivity contribution in [2.24, 2.45) is 5.92 Å². The molecule has 4 atom stereocenters. The van der Waals surface area contributed by atoms with Gasteiger partial charge in [0.15, 0.2) is 10.7 Å². The van der Waals surface area contributed by atoms with Gasteiger partial charge in [-0.05, 0) is 89.4 Å². The van der Waals surface area contributed by atoms with Gasteiger partial charge in [-0.25, -0.2) is 16.8 Å². The smallest absolute Gasteiger partial charge is 0.267 e. The summed E-state index contributed by atoms with van der Waals surface area (Å²) in [5.41, 5.74) is 0.403. The molecule has 3 aromatic rings. The third-order valence-electron chi connectivity index (χ3n) is 8.75. The largest absolute Gasteiger partial charge is 0.497 e. The van der Waals surface area contributed by atoms with Crippen LogP contribution < -0.4 is 14.2 Å². The Kier molecular flexibility index (Phi) is 12.9. The maximum atomic E-state index is 14.4. The molecule has 0 aliphatic carbocycles. The monoisotopic (exact) mass is 736 g/mol. The predicted molar refractivity (Wildman–Crippen MR) is 186 cm³/mol. The van der Waals surface area contributed by atoms with Gasteiger partial charge in [-0.2, -0.15) is 4.31 Å². The van der Waals surface area contributed by atoms with E-state index in [1.807, 2.05) is 13.8 Å². The number of carbonyl (C=O) groups is 1. The van der Waals surface area contributed by atoms with Gasteiger partial charge in [0.25, 0.3) is 15.9 Å². The Balaban J connectivity index is 1.68. The van der Waals surface area contributed by atoms with Crippen molar-refractivity contribution < 1.29 is 45.5 Å². The summed E-state index contributed by atoms with van der Waals surface area (Å²) in [6.07, 6.45) is 1.16. The first kappa shape index (κ1) is 39.1. The van der Waals surface area contributed by atoms with E-state index >= 15 is 0 Å². The molecule has 2 N–H and O–H groups in total. The number of fused-ring (bicyclic) bond motifs is 1. The van der Waals surface area contributed by atoms with Gasteiger partial charge in [-0.1, -0.05) is 12.1 Å². The van der Waals surface area contributed by atoms with E-state index < -0.39 is 44.0 Å². The first-order valence-electron chi connectivity index (χ1n) is 16.5. The van der Waals surface area contributed by atoms with Gasteiger partial charge < -0.3 is 28.7 Å². The van der Waals surface area contributed by atoms with E-state index in [0.29, 0.717) is 25.2 Å². The zero-order chi connectivity index (χ0) is 36.8. The number of hydrogen-bond acceptors (Lipinski definition) is 11. The number of aromatic nitrogens is 1. The van der Waals surface area contributed by atoms with E-state index in [-0.39, 0.29) is 64.0 Å². The van der Waals surface area contributed by atoms with Crippen LogP contribution in [0.15, 0.2) is 56.8 Å². The number of hydrogen-bond donors (Lipinski definition) is 2. The standard InChI is InChI=1S/C34H48N4O10S2/c1-22-19-38(23(2)21-39)34(40)30-18-27(36-49(41,42)33-25(4)35-48-26(33)5)11-16-31(30)47-24(3)10-8-9-17-46-32(22)20-37(6)50(43,44)29-14-12-28(45-7)13-15-29/h11-16,18,22-24,32,36,39H,8-10,17,19-21H2,1-7H3/t22-,23-,24-,32+/m0/s1. The molecule has 1 aromatic heterocycles. The lowest BCUT2D eigenvalue weighted by molar-refractivity contribution is -0.00834. The number of benzene rings is 2. The van der Waals surface area contributed by atoms with Crippen molar-refractivity contribution >= 4 is 31.6 Å². The van der Waals surface area contributed by atoms with Crippen LogP contribution in [0, 0.1) is 19.8 Å². The van der Waals surface area contributed by atoms with Crippen molar-refractivity contribution in [3.8, 4) is 11.5 Å². The molecule has 0 radical (unpaired) electrons. The fraction of sp³-hybridized carbons (Fsp3) is 0.529. The average Bonchev–Trinajstić information content (AvgIpc) is 3.43. The lowest BCUT2D eigenvalue weighted by atomic mass is 10.0. The molecule has 4 rings (SSSR count). The summed E-state index contributed by atoms with van der Waals surface area (Å²) < 4.78 is 80.2. The van der Waals surface area contributed by atoms with E-state index in [1.165, 1.54) is 61.5 Å². The maximum Gasteiger partial charge on any atom is 0.267 e. The van der Waals surface area contributed by atoms with E-state index in [1.54, 1.807) is 25.1 Å². The molecule has 0 saturated heterocycles. The third kappa shape index (κ3) is 9.15. The molecule has 0 spiro atoms. The van der Waals surface area contributed by atoms with Gasteiger partial charge in [-0.3, -0.25) is 9.52 Å². The first-order chi connectivity index (χ1) is 23.6. The number of rotatable bonds is 10. The fourth-order valence-corrected chi connectivity index (χ4v) is 8.36. The summed E-state index contributed by atoms with van der Waals surface area (Å²) in [4.78, 5) is 15.9. The van der Waals surface area contributed by atoms with Crippen LogP contribution in [0.2, 0.25) is 0 Å². The Morgan fingerprint density at radius 2 is 1.80 bits per heavy atom. The van der Waals surface area contributed by atoms with Crippen LogP contribution in [0.3, 0.4) is 0 Å². The number of aliphatic hydroxyl groups is 1. The molecular formula is C34H48N4O10S2. The molecular weight excluding hydrogens is 689 g/mol. The van der Waals surface area contributed by atoms with Crippen LogP contribution >= 0.6 is 0 Å². The normalized spacial score (nSPS) is 20.5. The molecule has 0 saturated carbocycles. The molecule has 0 fully saturated rings. The van der Waals surface area contributed by atoms with Crippen molar-refractivity contribution in [3.63, 3.8) is 0 Å². The second-order valence-electron chi connectivity index (χ2n) is 12.7. The number of ether oxygens (including phenoxy) is 3. The number of methoxy groups -OCH3 is 1. The quantitative estimate of drug-likeness (QED) is 0.305. The summed E-state index contributed by atoms with van der Waals surface area (Å²) >= 11 is 0. The summed E-state index contributed by atoms with van der Waals surface area (Å²) in [6.45, 7) is 8.56. The first-order valence-corrected chi connectivity index (χ1v) is 19.4. The third-order valence-corrected chi connectivity index (χ3v) is 12.2. The zero-order valence-electron chi connectivity index (χ0n) is 29.6. The van der Waals surface area contributed by atoms with Crippen LogP contribution in [0.25, 0.3) is 0 Å². The number of anilines is 1. The Labute approximate surface area is 294 Å². The van der Waals surface area contributed by atoms with Gasteiger partial charge in [0.2, 0.25) is 10.0 Å². The van der Waals surface area contributed by atoms with Gasteiger partial charge in [-0.15, -0.1) is 0 Å². The summed E-state index contributed by atoms with van der Waals surface area (Å²) in [5.74, 6) is 0.0185. The number of aliphatic hydroxyl groups excluding tert-OH is 1. The topological polar surface area (TPSA) is 178 Å². The van der Waals surface area contributed by atoms with Crippen LogP contribution in [0.5, 0.6) is 11.5 Å². The number of amides is 1. The highest BCUT2D eigenvalue weighted by Crippen LogP contribution is 2.31. The average molecular weight is 737 g/mol. The molecule has 1 aliphatic rings. The molecule has 14 nitrogen and oxygen atoms in total. The van der Waals surface area contributed by atoms with E-state index in [9.17, 15) is 26.7 Å². The second kappa shape index (κ2) is 16.5. The van der Waals surface area contributed by atoms with Gasteiger partial charge in [0.1, 0.15) is 17.2 Å². The Morgan fingerprint density at radius 3 is 2.42 bits per heavy atom. The Morgan fingerprint density at radius 1 is 1.10 bits per heavy atom. The highest BCUT2D eigenvalue weighted by molar-refractivity contribution is 7.92. The van der Waals surface area contributed by atoms with E-state index in [0.717, 1.165) is 6.42 Å². The van der Waals surface area contributed by atoms with Crippen molar-refractivity contribution in [2.45, 2.75) is 81.9 Å². The van der Waals surface area contributed by atoms with E-state index in [2.05, 4.69) is 9.88 Å². The van der Waals surface area contributed by atoms with Crippen molar-refractivity contribution in [1.82, 2.24) is 14.4 Å².